The van der Waals surface area contributed by atoms with Gasteiger partial charge in [0.15, 0.2) is 0 Å². The van der Waals surface area contributed by atoms with Gasteiger partial charge in [-0.1, -0.05) is 0 Å². The summed E-state index contributed by atoms with van der Waals surface area (Å²) in [5.74, 6) is 0. The molecule has 0 spiro atoms. The van der Waals surface area contributed by atoms with E-state index in [-0.39, 0.29) is 0 Å². The van der Waals surface area contributed by atoms with E-state index >= 15 is 0 Å². The Bertz CT molecular complexity index is 527. The predicted molar refractivity (Wildman–Crippen MR) is 106 cm³/mol. The summed E-state index contributed by atoms with van der Waals surface area (Å²) in [5, 5.41) is 0. The van der Waals surface area contributed by atoms with Gasteiger partial charge in [-0.25, -0.2) is 0 Å². The van der Waals surface area contributed by atoms with Gasteiger partial charge in [0.25, 0.3) is 0 Å². The van der Waals surface area contributed by atoms with Gasteiger partial charge >= 0.3 is 144 Å². The van der Waals surface area contributed by atoms with Gasteiger partial charge in [0, 0.05) is 0 Å². The average molecular weight is 310 g/mol. The van der Waals surface area contributed by atoms with E-state index in [1.54, 1.807) is 16.6 Å². The standard InChI is InChI=1S/C22H35B/c1-6-13-22(14-7-2)17-18-11-8-9-12-19(18)20(22)23-16-10-15-21(3,4)5/h8-9,11-12H,6-7,10,13-17H2,1-5H3. The van der Waals surface area contributed by atoms with Crippen LogP contribution in [0.25, 0.3) is 0 Å². The Kier molecular flexibility index (Phi) is 6.29. The summed E-state index contributed by atoms with van der Waals surface area (Å²) in [6.45, 7) is 14.3. The molecule has 0 bridgehead atoms. The molecule has 0 saturated carbocycles. The van der Waals surface area contributed by atoms with Crippen LogP contribution >= 0.6 is 0 Å². The molecule has 1 aliphatic carbocycles. The van der Waals surface area contributed by atoms with Crippen LogP contribution in [-0.4, -0.2) is 12.4 Å². The van der Waals surface area contributed by atoms with Crippen molar-refractivity contribution in [1.29, 1.82) is 0 Å². The van der Waals surface area contributed by atoms with E-state index in [4.69, 9.17) is 0 Å². The Hall–Kier alpha value is -0.845. The minimum absolute atomic E-state index is 0.412. The van der Waals surface area contributed by atoms with E-state index < -0.39 is 0 Å². The fraction of sp³-hybridized carbons (Fsp3) is 0.682. The van der Waals surface area contributed by atoms with Crippen LogP contribution in [0, 0.1) is 10.8 Å². The van der Waals surface area contributed by atoms with Crippen LogP contribution in [0.2, 0.25) is 6.32 Å². The summed E-state index contributed by atoms with van der Waals surface area (Å²) in [4.78, 5) is 0. The predicted octanol–water partition coefficient (Wildman–Crippen LogP) is 6.30. The molecule has 0 unspecified atom stereocenters. The van der Waals surface area contributed by atoms with Crippen LogP contribution < -0.4 is 0 Å². The first-order valence-electron chi connectivity index (χ1n) is 9.71. The summed E-state index contributed by atoms with van der Waals surface area (Å²) in [6.07, 6.45) is 10.4. The molecule has 0 atom stereocenters. The molecule has 0 saturated heterocycles. The third-order valence-corrected chi connectivity index (χ3v) is 5.34. The molecule has 1 heteroatoms. The molecular weight excluding hydrogens is 275 g/mol. The number of benzene rings is 1. The molecule has 1 aromatic rings. The van der Waals surface area contributed by atoms with E-state index in [1.165, 1.54) is 51.3 Å². The second kappa shape index (κ2) is 7.82. The maximum absolute atomic E-state index is 2.60. The van der Waals surface area contributed by atoms with Crippen molar-refractivity contribution in [3.8, 4) is 0 Å². The van der Waals surface area contributed by atoms with Gasteiger partial charge in [-0.05, 0) is 0 Å². The Balaban J connectivity index is 2.25. The van der Waals surface area contributed by atoms with Crippen LogP contribution in [0.4, 0.5) is 0 Å². The zero-order valence-electron chi connectivity index (χ0n) is 16.0. The zero-order chi connectivity index (χ0) is 16.9. The van der Waals surface area contributed by atoms with E-state index in [2.05, 4.69) is 65.8 Å². The molecule has 1 aliphatic rings. The van der Waals surface area contributed by atoms with Crippen molar-refractivity contribution in [2.24, 2.45) is 10.8 Å². The molecule has 0 aromatic heterocycles. The summed E-state index contributed by atoms with van der Waals surface area (Å²) in [7, 11) is 0. The van der Waals surface area contributed by atoms with Crippen LogP contribution in [0.1, 0.15) is 84.3 Å². The topological polar surface area (TPSA) is 0 Å². The molecule has 0 aliphatic heterocycles. The normalized spacial score (nSPS) is 18.0. The second-order valence-corrected chi connectivity index (χ2v) is 8.68. The summed E-state index contributed by atoms with van der Waals surface area (Å²) in [6, 6.07) is 9.14. The first-order valence-corrected chi connectivity index (χ1v) is 9.71. The fourth-order valence-corrected chi connectivity index (χ4v) is 4.42. The van der Waals surface area contributed by atoms with E-state index in [9.17, 15) is 0 Å². The van der Waals surface area contributed by atoms with Crippen molar-refractivity contribution in [3.63, 3.8) is 0 Å². The van der Waals surface area contributed by atoms with Gasteiger partial charge in [-0.3, -0.25) is 0 Å². The third-order valence-electron chi connectivity index (χ3n) is 5.34. The van der Waals surface area contributed by atoms with Crippen molar-refractivity contribution >= 4 is 12.4 Å². The van der Waals surface area contributed by atoms with Crippen LogP contribution in [0.3, 0.4) is 0 Å². The number of rotatable bonds is 7. The van der Waals surface area contributed by atoms with E-state index in [0.29, 0.717) is 10.8 Å². The maximum atomic E-state index is 2.60. The second-order valence-electron chi connectivity index (χ2n) is 8.68. The average Bonchev–Trinajstić information content (AvgIpc) is 2.77. The Morgan fingerprint density at radius 3 is 2.30 bits per heavy atom. The first kappa shape index (κ1) is 18.5. The molecule has 23 heavy (non-hydrogen) atoms. The zero-order valence-corrected chi connectivity index (χ0v) is 16.0. The van der Waals surface area contributed by atoms with Gasteiger partial charge in [0.05, 0.1) is 0 Å². The molecule has 126 valence electrons. The molecule has 0 amide bonds. The number of fused-ring (bicyclic) bond motifs is 1. The SMILES string of the molecule is CCCC1(CCC)Cc2ccccc2/C1=B/CCCC(C)(C)C. The Labute approximate surface area is 145 Å². The van der Waals surface area contributed by atoms with Crippen LogP contribution in [-0.2, 0) is 6.42 Å². The van der Waals surface area contributed by atoms with Gasteiger partial charge < -0.3 is 0 Å². The molecule has 0 radical (unpaired) electrons. The minimum atomic E-state index is 0.412. The van der Waals surface area contributed by atoms with Crippen molar-refractivity contribution in [2.45, 2.75) is 85.9 Å². The molecule has 1 aromatic carbocycles. The van der Waals surface area contributed by atoms with E-state index in [0.717, 1.165) is 0 Å². The van der Waals surface area contributed by atoms with Gasteiger partial charge in [0.2, 0.25) is 0 Å². The van der Waals surface area contributed by atoms with Gasteiger partial charge in [-0.15, -0.1) is 0 Å². The van der Waals surface area contributed by atoms with Crippen molar-refractivity contribution in [3.05, 3.63) is 35.4 Å². The Morgan fingerprint density at radius 2 is 1.70 bits per heavy atom. The molecular formula is C22H35B. The van der Waals surface area contributed by atoms with Crippen LogP contribution in [0.15, 0.2) is 24.3 Å². The quantitative estimate of drug-likeness (QED) is 0.409. The first-order chi connectivity index (χ1) is 10.9. The third kappa shape index (κ3) is 4.58. The van der Waals surface area contributed by atoms with Crippen molar-refractivity contribution < 1.29 is 0 Å². The Morgan fingerprint density at radius 1 is 1.04 bits per heavy atom. The molecule has 0 fully saturated rings. The molecule has 0 heterocycles. The summed E-state index contributed by atoms with van der Waals surface area (Å²) < 4.78 is 0. The molecule has 0 N–H and O–H groups in total. The fourth-order valence-electron chi connectivity index (χ4n) is 4.42. The monoisotopic (exact) mass is 310 g/mol. The van der Waals surface area contributed by atoms with Crippen molar-refractivity contribution in [1.82, 2.24) is 0 Å². The number of hydrogen-bond donors (Lipinski definition) is 0. The van der Waals surface area contributed by atoms with E-state index in [1.807, 2.05) is 0 Å². The van der Waals surface area contributed by atoms with Gasteiger partial charge in [0.1, 0.15) is 0 Å². The summed E-state index contributed by atoms with van der Waals surface area (Å²) in [5.41, 5.74) is 5.66. The molecule has 0 nitrogen and oxygen atoms in total. The summed E-state index contributed by atoms with van der Waals surface area (Å²) >= 11 is 0. The van der Waals surface area contributed by atoms with Crippen LogP contribution in [0.5, 0.6) is 0 Å². The molecule has 2 rings (SSSR count). The number of hydrogen-bond acceptors (Lipinski definition) is 0. The van der Waals surface area contributed by atoms with Crippen molar-refractivity contribution in [2.75, 3.05) is 0 Å². The van der Waals surface area contributed by atoms with Gasteiger partial charge in [-0.2, -0.15) is 0 Å².